The van der Waals surface area contributed by atoms with Crippen molar-refractivity contribution in [3.05, 3.63) is 30.1 Å². The van der Waals surface area contributed by atoms with Crippen LogP contribution in [0.3, 0.4) is 0 Å². The Hall–Kier alpha value is -2.09. The summed E-state index contributed by atoms with van der Waals surface area (Å²) in [5.41, 5.74) is 0. The summed E-state index contributed by atoms with van der Waals surface area (Å²) in [7, 11) is 0. The summed E-state index contributed by atoms with van der Waals surface area (Å²) >= 11 is 1.46. The number of tetrazole rings is 1. The summed E-state index contributed by atoms with van der Waals surface area (Å²) in [6.07, 6.45) is 0. The van der Waals surface area contributed by atoms with Crippen LogP contribution in [-0.2, 0) is 4.79 Å². The lowest BCUT2D eigenvalue weighted by molar-refractivity contribution is -0.119. The number of H-pyrrole nitrogens is 1. The summed E-state index contributed by atoms with van der Waals surface area (Å²) in [5, 5.41) is 16.3. The molecule has 0 aliphatic heterocycles. The molecule has 1 unspecified atom stereocenters. The van der Waals surface area contributed by atoms with Gasteiger partial charge in [0.15, 0.2) is 5.82 Å². The van der Waals surface area contributed by atoms with Crippen molar-refractivity contribution in [2.24, 2.45) is 0 Å². The Labute approximate surface area is 126 Å². The van der Waals surface area contributed by atoms with Gasteiger partial charge in [0.25, 0.3) is 0 Å². The van der Waals surface area contributed by atoms with Gasteiger partial charge in [-0.2, -0.15) is 5.21 Å². The van der Waals surface area contributed by atoms with E-state index in [0.717, 1.165) is 10.6 Å². The molecule has 0 fully saturated rings. The van der Waals surface area contributed by atoms with Gasteiger partial charge in [-0.05, 0) is 38.1 Å². The van der Waals surface area contributed by atoms with Crippen LogP contribution in [-0.4, -0.2) is 38.9 Å². The number of hydrogen-bond donors (Lipinski definition) is 2. The zero-order valence-electron chi connectivity index (χ0n) is 11.9. The van der Waals surface area contributed by atoms with Gasteiger partial charge < -0.3 is 10.1 Å². The molecule has 1 aromatic heterocycles. The Balaban J connectivity index is 1.78. The van der Waals surface area contributed by atoms with E-state index in [-0.39, 0.29) is 11.9 Å². The van der Waals surface area contributed by atoms with Gasteiger partial charge >= 0.3 is 0 Å². The fraction of sp³-hybridized carbons (Fsp3) is 0.385. The van der Waals surface area contributed by atoms with Gasteiger partial charge in [-0.25, -0.2) is 0 Å². The normalized spacial score (nSPS) is 11.9. The molecular formula is C13H17N5O2S. The molecule has 0 bridgehead atoms. The predicted molar refractivity (Wildman–Crippen MR) is 79.1 cm³/mol. The van der Waals surface area contributed by atoms with Gasteiger partial charge in [0.1, 0.15) is 5.75 Å². The first kappa shape index (κ1) is 15.3. The highest BCUT2D eigenvalue weighted by Gasteiger charge is 2.13. The number of aromatic amines is 1. The molecule has 1 aromatic carbocycles. The quantitative estimate of drug-likeness (QED) is 0.754. The molecule has 8 heteroatoms. The maximum absolute atomic E-state index is 11.8. The Morgan fingerprint density at radius 3 is 2.81 bits per heavy atom. The maximum atomic E-state index is 11.8. The second kappa shape index (κ2) is 7.63. The summed E-state index contributed by atoms with van der Waals surface area (Å²) in [5.74, 6) is 1.55. The monoisotopic (exact) mass is 307 g/mol. The Morgan fingerprint density at radius 2 is 2.19 bits per heavy atom. The number of benzene rings is 1. The molecule has 0 saturated carbocycles. The molecule has 1 atom stereocenters. The maximum Gasteiger partial charge on any atom is 0.230 e. The minimum absolute atomic E-state index is 0.0776. The van der Waals surface area contributed by atoms with E-state index in [9.17, 15) is 4.79 Å². The number of nitrogens with one attached hydrogen (secondary N) is 2. The number of carbonyl (C=O) groups is 1. The zero-order chi connectivity index (χ0) is 15.1. The number of ether oxygens (including phenoxy) is 1. The van der Waals surface area contributed by atoms with Crippen LogP contribution >= 0.6 is 11.8 Å². The van der Waals surface area contributed by atoms with Crippen LogP contribution in [0.1, 0.15) is 25.7 Å². The standard InChI is InChI=1S/C13H17N5O2S/c1-3-20-10-4-6-11(7-5-10)21-8-12(19)14-9(2)13-15-17-18-16-13/h4-7,9H,3,8H2,1-2H3,(H,14,19)(H,15,16,17,18). The van der Waals surface area contributed by atoms with E-state index in [1.165, 1.54) is 11.8 Å². The zero-order valence-corrected chi connectivity index (χ0v) is 12.7. The summed E-state index contributed by atoms with van der Waals surface area (Å²) < 4.78 is 5.37. The first-order valence-electron chi connectivity index (χ1n) is 6.57. The first-order valence-corrected chi connectivity index (χ1v) is 7.56. The Morgan fingerprint density at radius 1 is 1.43 bits per heavy atom. The van der Waals surface area contributed by atoms with Crippen LogP contribution in [0.25, 0.3) is 0 Å². The average Bonchev–Trinajstić information content (AvgIpc) is 3.01. The lowest BCUT2D eigenvalue weighted by atomic mass is 10.3. The molecule has 0 spiro atoms. The van der Waals surface area contributed by atoms with Crippen molar-refractivity contribution in [3.63, 3.8) is 0 Å². The van der Waals surface area contributed by atoms with E-state index in [2.05, 4.69) is 25.9 Å². The lowest BCUT2D eigenvalue weighted by Gasteiger charge is -2.09. The molecule has 2 aromatic rings. The minimum atomic E-state index is -0.266. The predicted octanol–water partition coefficient (Wildman–Crippen LogP) is 1.57. The second-order valence-electron chi connectivity index (χ2n) is 4.25. The molecular weight excluding hydrogens is 290 g/mol. The fourth-order valence-corrected chi connectivity index (χ4v) is 2.36. The number of nitrogens with zero attached hydrogens (tertiary/aromatic N) is 3. The fourth-order valence-electron chi connectivity index (χ4n) is 1.65. The van der Waals surface area contributed by atoms with Gasteiger partial charge in [0.2, 0.25) is 5.91 Å². The van der Waals surface area contributed by atoms with Crippen molar-refractivity contribution in [1.29, 1.82) is 0 Å². The molecule has 2 rings (SSSR count). The van der Waals surface area contributed by atoms with Crippen molar-refractivity contribution in [1.82, 2.24) is 25.9 Å². The number of hydrogen-bond acceptors (Lipinski definition) is 6. The molecule has 0 aliphatic carbocycles. The number of amides is 1. The van der Waals surface area contributed by atoms with Crippen LogP contribution < -0.4 is 10.1 Å². The van der Waals surface area contributed by atoms with E-state index >= 15 is 0 Å². The number of carbonyl (C=O) groups excluding carboxylic acids is 1. The highest BCUT2D eigenvalue weighted by molar-refractivity contribution is 8.00. The summed E-state index contributed by atoms with van der Waals surface area (Å²) in [6.45, 7) is 4.39. The van der Waals surface area contributed by atoms with Crippen LogP contribution in [0.4, 0.5) is 0 Å². The summed E-state index contributed by atoms with van der Waals surface area (Å²) in [6, 6.07) is 7.39. The van der Waals surface area contributed by atoms with E-state index in [1.807, 2.05) is 38.1 Å². The van der Waals surface area contributed by atoms with Gasteiger partial charge in [-0.1, -0.05) is 5.21 Å². The lowest BCUT2D eigenvalue weighted by Crippen LogP contribution is -2.28. The molecule has 2 N–H and O–H groups in total. The number of aromatic nitrogens is 4. The second-order valence-corrected chi connectivity index (χ2v) is 5.30. The SMILES string of the molecule is CCOc1ccc(SCC(=O)NC(C)c2nn[nH]n2)cc1. The van der Waals surface area contributed by atoms with Crippen LogP contribution in [0, 0.1) is 0 Å². The number of thioether (sulfide) groups is 1. The molecule has 0 aliphatic rings. The highest BCUT2D eigenvalue weighted by Crippen LogP contribution is 2.21. The van der Waals surface area contributed by atoms with E-state index in [1.54, 1.807) is 0 Å². The van der Waals surface area contributed by atoms with Gasteiger partial charge in [-0.3, -0.25) is 4.79 Å². The van der Waals surface area contributed by atoms with Gasteiger partial charge in [0.05, 0.1) is 18.4 Å². The van der Waals surface area contributed by atoms with Crippen LogP contribution in [0.15, 0.2) is 29.2 Å². The molecule has 1 amide bonds. The van der Waals surface area contributed by atoms with E-state index in [4.69, 9.17) is 4.74 Å². The van der Waals surface area contributed by atoms with Crippen molar-refractivity contribution < 1.29 is 9.53 Å². The molecule has 21 heavy (non-hydrogen) atoms. The first-order chi connectivity index (χ1) is 10.2. The summed E-state index contributed by atoms with van der Waals surface area (Å²) in [4.78, 5) is 12.9. The Bertz CT molecular complexity index is 558. The van der Waals surface area contributed by atoms with Crippen LogP contribution in [0.2, 0.25) is 0 Å². The largest absolute Gasteiger partial charge is 0.494 e. The van der Waals surface area contributed by atoms with E-state index < -0.39 is 0 Å². The molecule has 0 radical (unpaired) electrons. The van der Waals surface area contributed by atoms with Gasteiger partial charge in [0, 0.05) is 4.90 Å². The smallest absolute Gasteiger partial charge is 0.230 e. The molecule has 1 heterocycles. The molecule has 0 saturated heterocycles. The van der Waals surface area contributed by atoms with E-state index in [0.29, 0.717) is 18.2 Å². The third-order valence-electron chi connectivity index (χ3n) is 2.63. The third kappa shape index (κ3) is 4.75. The average molecular weight is 307 g/mol. The van der Waals surface area contributed by atoms with Crippen molar-refractivity contribution in [2.45, 2.75) is 24.8 Å². The highest BCUT2D eigenvalue weighted by atomic mass is 32.2. The van der Waals surface area contributed by atoms with Gasteiger partial charge in [-0.15, -0.1) is 22.0 Å². The number of rotatable bonds is 7. The van der Waals surface area contributed by atoms with Crippen molar-refractivity contribution in [3.8, 4) is 5.75 Å². The Kier molecular flexibility index (Phi) is 5.56. The molecule has 112 valence electrons. The molecule has 7 nitrogen and oxygen atoms in total. The minimum Gasteiger partial charge on any atom is -0.494 e. The van der Waals surface area contributed by atoms with Crippen molar-refractivity contribution >= 4 is 17.7 Å². The third-order valence-corrected chi connectivity index (χ3v) is 3.64. The van der Waals surface area contributed by atoms with Crippen LogP contribution in [0.5, 0.6) is 5.75 Å². The topological polar surface area (TPSA) is 92.8 Å². The van der Waals surface area contributed by atoms with Crippen molar-refractivity contribution in [2.75, 3.05) is 12.4 Å².